The van der Waals surface area contributed by atoms with E-state index in [-0.39, 0.29) is 12.5 Å². The van der Waals surface area contributed by atoms with Crippen molar-refractivity contribution in [3.05, 3.63) is 30.9 Å². The number of carbonyl (C=O) groups excluding carboxylic acids is 2. The number of ether oxygens (including phenoxy) is 1. The number of benzene rings is 1. The lowest BCUT2D eigenvalue weighted by Crippen LogP contribution is -2.26. The normalized spacial score (nSPS) is 10.2. The number of anilines is 1. The maximum Gasteiger partial charge on any atom is 0.407 e. The summed E-state index contributed by atoms with van der Waals surface area (Å²) in [6.07, 6.45) is 7.94. The number of rotatable bonds is 10. The second kappa shape index (κ2) is 11.3. The van der Waals surface area contributed by atoms with Gasteiger partial charge in [-0.3, -0.25) is 4.79 Å². The number of thiazole rings is 1. The van der Waals surface area contributed by atoms with Gasteiger partial charge in [0.1, 0.15) is 6.61 Å². The van der Waals surface area contributed by atoms with Gasteiger partial charge in [-0.2, -0.15) is 0 Å². The molecule has 0 fully saturated rings. The van der Waals surface area contributed by atoms with Crippen molar-refractivity contribution >= 4 is 51.0 Å². The maximum absolute atomic E-state index is 11.9. The number of fused-ring (bicyclic) bond motifs is 1. The van der Waals surface area contributed by atoms with Gasteiger partial charge in [-0.15, -0.1) is 23.7 Å². The molecule has 0 saturated heterocycles. The maximum atomic E-state index is 11.9. The average molecular weight is 404 g/mol. The summed E-state index contributed by atoms with van der Waals surface area (Å²) in [6, 6.07) is 5.64. The molecule has 0 aliphatic rings. The molecule has 0 spiro atoms. The van der Waals surface area contributed by atoms with Crippen molar-refractivity contribution in [2.75, 3.05) is 24.2 Å². The smallest absolute Gasteiger partial charge is 0.407 e. The van der Waals surface area contributed by atoms with E-state index in [0.717, 1.165) is 20.2 Å². The van der Waals surface area contributed by atoms with Crippen LogP contribution in [0.5, 0.6) is 0 Å². The zero-order valence-electron chi connectivity index (χ0n) is 14.8. The van der Waals surface area contributed by atoms with Crippen molar-refractivity contribution in [2.24, 2.45) is 0 Å². The zero-order chi connectivity index (χ0) is 19.5. The lowest BCUT2D eigenvalue weighted by Gasteiger charge is -2.04. The molecule has 142 valence electrons. The second-order valence-electron chi connectivity index (χ2n) is 5.43. The summed E-state index contributed by atoms with van der Waals surface area (Å²) in [7, 11) is 0. The van der Waals surface area contributed by atoms with Crippen molar-refractivity contribution in [3.8, 4) is 12.3 Å². The fraction of sp³-hybridized carbons (Fsp3) is 0.316. The summed E-state index contributed by atoms with van der Waals surface area (Å²) >= 11 is 3.11. The van der Waals surface area contributed by atoms with Gasteiger partial charge in [0.15, 0.2) is 4.34 Å². The molecule has 1 heterocycles. The Morgan fingerprint density at radius 2 is 2.30 bits per heavy atom. The van der Waals surface area contributed by atoms with Crippen LogP contribution in [0.3, 0.4) is 0 Å². The van der Waals surface area contributed by atoms with Gasteiger partial charge in [-0.25, -0.2) is 9.78 Å². The number of amides is 2. The first kappa shape index (κ1) is 20.8. The molecule has 0 aliphatic heterocycles. The molecule has 0 aliphatic carbocycles. The van der Waals surface area contributed by atoms with Crippen molar-refractivity contribution < 1.29 is 14.3 Å². The summed E-state index contributed by atoms with van der Waals surface area (Å²) in [6.45, 7) is 4.16. The first-order chi connectivity index (χ1) is 13.1. The molecule has 0 radical (unpaired) electrons. The van der Waals surface area contributed by atoms with E-state index in [4.69, 9.17) is 11.2 Å². The lowest BCUT2D eigenvalue weighted by molar-refractivity contribution is -0.116. The Kier molecular flexibility index (Phi) is 8.68. The number of hydrogen-bond acceptors (Lipinski definition) is 6. The van der Waals surface area contributed by atoms with Crippen LogP contribution in [-0.2, 0) is 9.53 Å². The molecule has 0 atom stereocenters. The highest BCUT2D eigenvalue weighted by Gasteiger charge is 2.08. The summed E-state index contributed by atoms with van der Waals surface area (Å²) < 4.78 is 6.74. The lowest BCUT2D eigenvalue weighted by atomic mass is 10.2. The van der Waals surface area contributed by atoms with Crippen molar-refractivity contribution in [1.29, 1.82) is 0 Å². The average Bonchev–Trinajstić information content (AvgIpc) is 3.05. The molecule has 0 bridgehead atoms. The Bertz CT molecular complexity index is 842. The Morgan fingerprint density at radius 3 is 3.07 bits per heavy atom. The van der Waals surface area contributed by atoms with Crippen molar-refractivity contribution in [3.63, 3.8) is 0 Å². The molecule has 2 aromatic rings. The summed E-state index contributed by atoms with van der Waals surface area (Å²) in [5.74, 6) is 3.17. The van der Waals surface area contributed by atoms with E-state index < -0.39 is 6.09 Å². The Balaban J connectivity index is 1.82. The molecule has 2 amide bonds. The number of thioether (sulfide) groups is 1. The van der Waals surface area contributed by atoms with Crippen molar-refractivity contribution in [2.45, 2.75) is 23.6 Å². The van der Waals surface area contributed by atoms with Gasteiger partial charge >= 0.3 is 6.09 Å². The largest absolute Gasteiger partial charge is 0.445 e. The van der Waals surface area contributed by atoms with Crippen molar-refractivity contribution in [1.82, 2.24) is 10.3 Å². The topological polar surface area (TPSA) is 80.3 Å². The first-order valence-electron chi connectivity index (χ1n) is 8.40. The SMILES string of the molecule is C#CCCCC(=O)Nc1ccc2nc(SCCNC(=O)OCC=C)sc2c1. The van der Waals surface area contributed by atoms with Gasteiger partial charge in [-0.05, 0) is 24.6 Å². The van der Waals surface area contributed by atoms with Crippen LogP contribution < -0.4 is 10.6 Å². The number of terminal acetylenes is 1. The third-order valence-corrected chi connectivity index (χ3v) is 5.47. The van der Waals surface area contributed by atoms with E-state index in [9.17, 15) is 9.59 Å². The van der Waals surface area contributed by atoms with Crippen LogP contribution in [0.2, 0.25) is 0 Å². The van der Waals surface area contributed by atoms with Crippen LogP contribution in [0.4, 0.5) is 10.5 Å². The minimum absolute atomic E-state index is 0.0434. The van der Waals surface area contributed by atoms with Crippen LogP contribution in [0.1, 0.15) is 19.3 Å². The highest BCUT2D eigenvalue weighted by molar-refractivity contribution is 8.01. The Hall–Kier alpha value is -2.50. The molecule has 0 saturated carbocycles. The molecular weight excluding hydrogens is 382 g/mol. The fourth-order valence-corrected chi connectivity index (χ4v) is 4.13. The predicted octanol–water partition coefficient (Wildman–Crippen LogP) is 4.04. The first-order valence-corrected chi connectivity index (χ1v) is 10.2. The van der Waals surface area contributed by atoms with E-state index in [1.165, 1.54) is 6.08 Å². The molecule has 2 rings (SSSR count). The van der Waals surface area contributed by atoms with E-state index in [1.54, 1.807) is 23.1 Å². The Morgan fingerprint density at radius 1 is 1.44 bits per heavy atom. The van der Waals surface area contributed by atoms with Crippen LogP contribution in [-0.4, -0.2) is 35.9 Å². The van der Waals surface area contributed by atoms with Gasteiger partial charge in [-0.1, -0.05) is 24.4 Å². The molecule has 6 nitrogen and oxygen atoms in total. The van der Waals surface area contributed by atoms with Crippen LogP contribution in [0.25, 0.3) is 10.2 Å². The van der Waals surface area contributed by atoms with E-state index in [1.807, 2.05) is 18.2 Å². The standard InChI is InChI=1S/C19H21N3O3S2/c1-3-5-6-7-17(23)21-14-8-9-15-16(13-14)27-19(22-15)26-12-10-20-18(24)25-11-4-2/h1,4,8-9,13H,2,5-7,10-12H2,(H,20,24)(H,21,23). The van der Waals surface area contributed by atoms with Gasteiger partial charge in [0.2, 0.25) is 5.91 Å². The van der Waals surface area contributed by atoms with E-state index in [0.29, 0.717) is 31.6 Å². The summed E-state index contributed by atoms with van der Waals surface area (Å²) in [5.41, 5.74) is 1.63. The van der Waals surface area contributed by atoms with Crippen LogP contribution >= 0.6 is 23.1 Å². The highest BCUT2D eigenvalue weighted by Crippen LogP contribution is 2.31. The van der Waals surface area contributed by atoms with Crippen LogP contribution in [0.15, 0.2) is 35.2 Å². The monoisotopic (exact) mass is 403 g/mol. The molecule has 1 aromatic heterocycles. The molecule has 1 aromatic carbocycles. The number of hydrogen-bond donors (Lipinski definition) is 2. The molecular formula is C19H21N3O3S2. The van der Waals surface area contributed by atoms with Gasteiger partial charge < -0.3 is 15.4 Å². The Labute approximate surface area is 166 Å². The van der Waals surface area contributed by atoms with Crippen LogP contribution in [0, 0.1) is 12.3 Å². The predicted molar refractivity (Wildman–Crippen MR) is 111 cm³/mol. The summed E-state index contributed by atoms with van der Waals surface area (Å²) in [4.78, 5) is 27.7. The third kappa shape index (κ3) is 7.33. The van der Waals surface area contributed by atoms with E-state index >= 15 is 0 Å². The third-order valence-electron chi connectivity index (χ3n) is 3.31. The number of nitrogens with one attached hydrogen (secondary N) is 2. The molecule has 27 heavy (non-hydrogen) atoms. The second-order valence-corrected chi connectivity index (χ2v) is 7.80. The number of aromatic nitrogens is 1. The molecule has 8 heteroatoms. The van der Waals surface area contributed by atoms with Gasteiger partial charge in [0.05, 0.1) is 10.2 Å². The van der Waals surface area contributed by atoms with E-state index in [2.05, 4.69) is 28.1 Å². The number of nitrogens with zero attached hydrogens (tertiary/aromatic N) is 1. The highest BCUT2D eigenvalue weighted by atomic mass is 32.2. The number of alkyl carbamates (subject to hydrolysis) is 1. The fourth-order valence-electron chi connectivity index (χ4n) is 2.09. The molecule has 2 N–H and O–H groups in total. The summed E-state index contributed by atoms with van der Waals surface area (Å²) in [5, 5.41) is 5.54. The van der Waals surface area contributed by atoms with Gasteiger partial charge in [0, 0.05) is 30.8 Å². The number of unbranched alkanes of at least 4 members (excludes halogenated alkanes) is 1. The minimum Gasteiger partial charge on any atom is -0.445 e. The minimum atomic E-state index is -0.456. The quantitative estimate of drug-likeness (QED) is 0.271. The zero-order valence-corrected chi connectivity index (χ0v) is 16.5. The van der Waals surface area contributed by atoms with Gasteiger partial charge in [0.25, 0.3) is 0 Å². The molecule has 0 unspecified atom stereocenters. The number of carbonyl (C=O) groups is 2.